The Hall–Kier alpha value is -0.240. The second-order valence-corrected chi connectivity index (χ2v) is 4.95. The van der Waals surface area contributed by atoms with Gasteiger partial charge in [0, 0.05) is 51.2 Å². The lowest BCUT2D eigenvalue weighted by molar-refractivity contribution is 0.230. The molecule has 1 atom stereocenters. The molecule has 110 valence electrons. The second kappa shape index (κ2) is 10.7. The van der Waals surface area contributed by atoms with Gasteiger partial charge in [-0.2, -0.15) is 0 Å². The van der Waals surface area contributed by atoms with Gasteiger partial charge >= 0.3 is 0 Å². The third-order valence-corrected chi connectivity index (χ3v) is 3.19. The fraction of sp³-hybridized carbons (Fsp3) is 1.00. The van der Waals surface area contributed by atoms with Crippen LogP contribution in [0.5, 0.6) is 0 Å². The van der Waals surface area contributed by atoms with Crippen molar-refractivity contribution >= 4 is 0 Å². The highest BCUT2D eigenvalue weighted by Gasteiger charge is 2.27. The molecule has 0 bridgehead atoms. The van der Waals surface area contributed by atoms with E-state index >= 15 is 0 Å². The van der Waals surface area contributed by atoms with Crippen molar-refractivity contribution in [3.05, 3.63) is 0 Å². The molecule has 0 rings (SSSR count). The van der Waals surface area contributed by atoms with Gasteiger partial charge in [0.2, 0.25) is 0 Å². The molecule has 6 nitrogen and oxygen atoms in total. The Balaban J connectivity index is 4.30. The standard InChI is InChI=1S/C12H32N6/c1-3-12(8-16-6-4-13,9-17-7-5-14)10-18-11(2)15/h11,16-18H,3-10,13-15H2,1-2H3. The van der Waals surface area contributed by atoms with Gasteiger partial charge in [0.05, 0.1) is 6.17 Å². The van der Waals surface area contributed by atoms with Crippen molar-refractivity contribution < 1.29 is 0 Å². The van der Waals surface area contributed by atoms with Gasteiger partial charge in [-0.3, -0.25) is 0 Å². The summed E-state index contributed by atoms with van der Waals surface area (Å²) in [5, 5.41) is 10.1. The first kappa shape index (κ1) is 17.8. The van der Waals surface area contributed by atoms with E-state index < -0.39 is 0 Å². The lowest BCUT2D eigenvalue weighted by Crippen LogP contribution is -2.52. The van der Waals surface area contributed by atoms with Gasteiger partial charge in [0.25, 0.3) is 0 Å². The maximum atomic E-state index is 5.77. The summed E-state index contributed by atoms with van der Waals surface area (Å²) in [4.78, 5) is 0. The first-order valence-corrected chi connectivity index (χ1v) is 6.90. The number of hydrogen-bond donors (Lipinski definition) is 6. The average molecular weight is 260 g/mol. The van der Waals surface area contributed by atoms with Crippen molar-refractivity contribution in [3.63, 3.8) is 0 Å². The molecule has 0 heterocycles. The highest BCUT2D eigenvalue weighted by atomic mass is 15.0. The van der Waals surface area contributed by atoms with Crippen LogP contribution >= 0.6 is 0 Å². The molecule has 0 aliphatic rings. The molecular formula is C12H32N6. The van der Waals surface area contributed by atoms with Crippen molar-refractivity contribution in [2.75, 3.05) is 45.8 Å². The van der Waals surface area contributed by atoms with E-state index in [0.29, 0.717) is 13.1 Å². The topological polar surface area (TPSA) is 114 Å². The van der Waals surface area contributed by atoms with E-state index in [0.717, 1.165) is 39.1 Å². The predicted octanol–water partition coefficient (Wildman–Crippen LogP) is -1.63. The van der Waals surface area contributed by atoms with E-state index in [-0.39, 0.29) is 11.6 Å². The molecule has 0 aromatic heterocycles. The molecule has 6 heteroatoms. The fourth-order valence-electron chi connectivity index (χ4n) is 1.85. The van der Waals surface area contributed by atoms with Crippen molar-refractivity contribution in [1.82, 2.24) is 16.0 Å². The molecule has 0 saturated carbocycles. The summed E-state index contributed by atoms with van der Waals surface area (Å²) in [6.07, 6.45) is 1.09. The molecule has 0 aliphatic carbocycles. The molecule has 18 heavy (non-hydrogen) atoms. The molecule has 0 saturated heterocycles. The van der Waals surface area contributed by atoms with E-state index in [2.05, 4.69) is 22.9 Å². The van der Waals surface area contributed by atoms with Crippen LogP contribution in [0.1, 0.15) is 20.3 Å². The summed E-state index contributed by atoms with van der Waals surface area (Å²) < 4.78 is 0. The zero-order valence-corrected chi connectivity index (χ0v) is 12.0. The molecular weight excluding hydrogens is 228 g/mol. The van der Waals surface area contributed by atoms with E-state index in [4.69, 9.17) is 17.2 Å². The number of hydrogen-bond acceptors (Lipinski definition) is 6. The van der Waals surface area contributed by atoms with Crippen LogP contribution in [0.3, 0.4) is 0 Å². The van der Waals surface area contributed by atoms with Gasteiger partial charge in [0.15, 0.2) is 0 Å². The zero-order chi connectivity index (χ0) is 13.9. The van der Waals surface area contributed by atoms with E-state index in [1.807, 2.05) is 6.92 Å². The van der Waals surface area contributed by atoms with Gasteiger partial charge in [-0.1, -0.05) is 6.92 Å². The Morgan fingerprint density at radius 1 is 1.00 bits per heavy atom. The molecule has 0 spiro atoms. The first-order valence-electron chi connectivity index (χ1n) is 6.90. The largest absolute Gasteiger partial charge is 0.329 e. The van der Waals surface area contributed by atoms with Crippen LogP contribution in [0.2, 0.25) is 0 Å². The lowest BCUT2D eigenvalue weighted by Gasteiger charge is -2.34. The van der Waals surface area contributed by atoms with Crippen LogP contribution in [-0.2, 0) is 0 Å². The highest BCUT2D eigenvalue weighted by Crippen LogP contribution is 2.19. The van der Waals surface area contributed by atoms with Crippen molar-refractivity contribution in [1.29, 1.82) is 0 Å². The molecule has 0 amide bonds. The minimum Gasteiger partial charge on any atom is -0.329 e. The average Bonchev–Trinajstić information content (AvgIpc) is 2.36. The van der Waals surface area contributed by atoms with E-state index in [1.165, 1.54) is 0 Å². The summed E-state index contributed by atoms with van der Waals surface area (Å²) in [7, 11) is 0. The molecule has 0 fully saturated rings. The Morgan fingerprint density at radius 3 is 1.83 bits per heavy atom. The van der Waals surface area contributed by atoms with Gasteiger partial charge in [-0.25, -0.2) is 0 Å². The van der Waals surface area contributed by atoms with E-state index in [9.17, 15) is 0 Å². The smallest absolute Gasteiger partial charge is 0.0517 e. The first-order chi connectivity index (χ1) is 8.60. The predicted molar refractivity (Wildman–Crippen MR) is 78.2 cm³/mol. The Labute approximate surface area is 111 Å². The van der Waals surface area contributed by atoms with Crippen LogP contribution in [0.4, 0.5) is 0 Å². The molecule has 9 N–H and O–H groups in total. The third-order valence-electron chi connectivity index (χ3n) is 3.19. The van der Waals surface area contributed by atoms with Crippen molar-refractivity contribution in [2.45, 2.75) is 26.4 Å². The minimum atomic E-state index is 0.0138. The van der Waals surface area contributed by atoms with Gasteiger partial charge in [-0.05, 0) is 13.3 Å². The number of rotatable bonds is 12. The van der Waals surface area contributed by atoms with Crippen LogP contribution in [0.25, 0.3) is 0 Å². The van der Waals surface area contributed by atoms with Crippen molar-refractivity contribution in [3.8, 4) is 0 Å². The number of nitrogens with two attached hydrogens (primary N) is 3. The highest BCUT2D eigenvalue weighted by molar-refractivity contribution is 4.85. The van der Waals surface area contributed by atoms with Gasteiger partial charge < -0.3 is 33.2 Å². The van der Waals surface area contributed by atoms with Crippen molar-refractivity contribution in [2.24, 2.45) is 22.6 Å². The quantitative estimate of drug-likeness (QED) is 0.186. The maximum absolute atomic E-state index is 5.77. The Morgan fingerprint density at radius 2 is 1.50 bits per heavy atom. The van der Waals surface area contributed by atoms with Crippen LogP contribution in [-0.4, -0.2) is 52.0 Å². The summed E-state index contributed by atoms with van der Waals surface area (Å²) in [5.41, 5.74) is 16.9. The molecule has 0 radical (unpaired) electrons. The third kappa shape index (κ3) is 7.97. The Kier molecular flexibility index (Phi) is 10.5. The molecule has 1 unspecified atom stereocenters. The zero-order valence-electron chi connectivity index (χ0n) is 12.0. The molecule has 0 aromatic carbocycles. The molecule has 0 aliphatic heterocycles. The normalized spacial score (nSPS) is 13.8. The monoisotopic (exact) mass is 260 g/mol. The van der Waals surface area contributed by atoms with Crippen LogP contribution < -0.4 is 33.2 Å². The summed E-state index contributed by atoms with van der Waals surface area (Å²) in [6.45, 7) is 9.92. The second-order valence-electron chi connectivity index (χ2n) is 4.95. The summed E-state index contributed by atoms with van der Waals surface area (Å²) in [5.74, 6) is 0. The maximum Gasteiger partial charge on any atom is 0.0517 e. The summed E-state index contributed by atoms with van der Waals surface area (Å²) in [6, 6.07) is 0. The van der Waals surface area contributed by atoms with Gasteiger partial charge in [-0.15, -0.1) is 0 Å². The summed E-state index contributed by atoms with van der Waals surface area (Å²) >= 11 is 0. The lowest BCUT2D eigenvalue weighted by atomic mass is 9.84. The number of nitrogens with one attached hydrogen (secondary N) is 3. The van der Waals surface area contributed by atoms with Gasteiger partial charge in [0.1, 0.15) is 0 Å². The Bertz CT molecular complexity index is 175. The van der Waals surface area contributed by atoms with E-state index in [1.54, 1.807) is 0 Å². The fourth-order valence-corrected chi connectivity index (χ4v) is 1.85. The SMILES string of the molecule is CCC(CNCCN)(CNCCN)CNC(C)N. The molecule has 0 aromatic rings. The van der Waals surface area contributed by atoms with Crippen LogP contribution in [0.15, 0.2) is 0 Å². The van der Waals surface area contributed by atoms with Crippen LogP contribution in [0, 0.1) is 5.41 Å². The minimum absolute atomic E-state index is 0.0138.